The fourth-order valence-corrected chi connectivity index (χ4v) is 2.68. The van der Waals surface area contributed by atoms with Crippen molar-refractivity contribution in [2.24, 2.45) is 0 Å². The molecule has 0 aliphatic rings. The van der Waals surface area contributed by atoms with Gasteiger partial charge in [0, 0.05) is 18.0 Å². The van der Waals surface area contributed by atoms with Crippen LogP contribution in [0.4, 0.5) is 5.69 Å². The number of rotatable bonds is 5. The van der Waals surface area contributed by atoms with E-state index in [2.05, 4.69) is 10.6 Å². The quantitative estimate of drug-likeness (QED) is 0.809. The van der Waals surface area contributed by atoms with E-state index in [1.165, 1.54) is 6.26 Å². The van der Waals surface area contributed by atoms with Crippen molar-refractivity contribution < 1.29 is 8.42 Å². The summed E-state index contributed by atoms with van der Waals surface area (Å²) in [5, 5.41) is 6.66. The Labute approximate surface area is 133 Å². The Hall–Kier alpha value is -0.790. The van der Waals surface area contributed by atoms with Crippen molar-refractivity contribution in [2.75, 3.05) is 17.3 Å². The summed E-state index contributed by atoms with van der Waals surface area (Å²) in [6.07, 6.45) is 1.78. The monoisotopic (exact) mass is 334 g/mol. The molecule has 0 spiro atoms. The van der Waals surface area contributed by atoms with Crippen LogP contribution in [0.3, 0.4) is 0 Å². The smallest absolute Gasteiger partial charge is 0.170 e. The van der Waals surface area contributed by atoms with Crippen LogP contribution in [0.1, 0.15) is 18.9 Å². The van der Waals surface area contributed by atoms with E-state index in [9.17, 15) is 8.42 Å². The third-order valence-electron chi connectivity index (χ3n) is 2.58. The number of benzene rings is 1. The number of sulfone groups is 1. The first-order valence-electron chi connectivity index (χ1n) is 6.08. The zero-order valence-corrected chi connectivity index (χ0v) is 14.6. The number of aryl methyl sites for hydroxylation is 1. The van der Waals surface area contributed by atoms with Crippen molar-refractivity contribution in [3.8, 4) is 0 Å². The number of anilines is 1. The Kier molecular flexibility index (Phi) is 8.15. The maximum Gasteiger partial charge on any atom is 0.170 e. The Balaban J connectivity index is 0.00000361. The fourth-order valence-electron chi connectivity index (χ4n) is 1.58. The van der Waals surface area contributed by atoms with E-state index in [1.807, 2.05) is 38.1 Å². The molecule has 0 saturated heterocycles. The van der Waals surface area contributed by atoms with Crippen molar-refractivity contribution in [3.63, 3.8) is 0 Å². The summed E-state index contributed by atoms with van der Waals surface area (Å²) in [5.41, 5.74) is 2.07. The number of thiocarbonyl (C=S) groups is 1. The van der Waals surface area contributed by atoms with E-state index in [0.717, 1.165) is 11.3 Å². The Morgan fingerprint density at radius 2 is 2.05 bits per heavy atom. The molecule has 0 unspecified atom stereocenters. The van der Waals surface area contributed by atoms with E-state index < -0.39 is 9.84 Å². The van der Waals surface area contributed by atoms with Crippen molar-refractivity contribution in [3.05, 3.63) is 29.8 Å². The molecule has 0 saturated carbocycles. The Morgan fingerprint density at radius 3 is 2.60 bits per heavy atom. The summed E-state index contributed by atoms with van der Waals surface area (Å²) in [6, 6.07) is 7.90. The Morgan fingerprint density at radius 1 is 1.40 bits per heavy atom. The first-order chi connectivity index (χ1) is 8.76. The molecule has 1 aromatic carbocycles. The summed E-state index contributed by atoms with van der Waals surface area (Å²) >= 11 is 5.19. The van der Waals surface area contributed by atoms with Crippen LogP contribution in [-0.2, 0) is 9.84 Å². The standard InChI is InChI=1S/C13H20N2O2S2.H2S/c1-10-5-4-6-12(9-10)15-13(18)14-11(2)7-8-19(3,16)17;/h4-6,9,11H,7-8H2,1-3H3,(H2,14,15,18);1H2/t11-;/m0./s1. The second kappa shape index (κ2) is 8.49. The van der Waals surface area contributed by atoms with Gasteiger partial charge < -0.3 is 10.6 Å². The summed E-state index contributed by atoms with van der Waals surface area (Å²) in [7, 11) is -2.92. The molecule has 20 heavy (non-hydrogen) atoms. The largest absolute Gasteiger partial charge is 0.360 e. The van der Waals surface area contributed by atoms with Gasteiger partial charge in [-0.1, -0.05) is 12.1 Å². The average molecular weight is 335 g/mol. The molecule has 0 amide bonds. The number of hydrogen-bond acceptors (Lipinski definition) is 3. The lowest BCUT2D eigenvalue weighted by molar-refractivity contribution is 0.585. The van der Waals surface area contributed by atoms with Crippen LogP contribution < -0.4 is 10.6 Å². The molecule has 0 fully saturated rings. The van der Waals surface area contributed by atoms with Gasteiger partial charge in [-0.25, -0.2) is 8.42 Å². The van der Waals surface area contributed by atoms with E-state index in [4.69, 9.17) is 12.2 Å². The van der Waals surface area contributed by atoms with Gasteiger partial charge in [-0.15, -0.1) is 0 Å². The van der Waals surface area contributed by atoms with Crippen molar-refractivity contribution in [1.29, 1.82) is 0 Å². The minimum Gasteiger partial charge on any atom is -0.360 e. The predicted molar refractivity (Wildman–Crippen MR) is 94.7 cm³/mol. The molecule has 7 heteroatoms. The normalized spacial score (nSPS) is 12.2. The zero-order chi connectivity index (χ0) is 14.5. The Bertz CT molecular complexity index is 544. The molecule has 0 aromatic heterocycles. The highest BCUT2D eigenvalue weighted by Crippen LogP contribution is 2.09. The minimum atomic E-state index is -2.92. The molecule has 1 aromatic rings. The second-order valence-electron chi connectivity index (χ2n) is 4.79. The third kappa shape index (κ3) is 8.39. The van der Waals surface area contributed by atoms with Crippen LogP contribution in [0.5, 0.6) is 0 Å². The van der Waals surface area contributed by atoms with Crippen LogP contribution >= 0.6 is 25.7 Å². The van der Waals surface area contributed by atoms with Crippen LogP contribution in [0, 0.1) is 6.92 Å². The van der Waals surface area contributed by atoms with Gasteiger partial charge in [0.1, 0.15) is 9.84 Å². The lowest BCUT2D eigenvalue weighted by Crippen LogP contribution is -2.36. The average Bonchev–Trinajstić information content (AvgIpc) is 2.25. The lowest BCUT2D eigenvalue weighted by Gasteiger charge is -2.16. The minimum absolute atomic E-state index is 0. The SMILES string of the molecule is Cc1cccc(NC(=S)N[C@@H](C)CCS(C)(=O)=O)c1.S. The fraction of sp³-hybridized carbons (Fsp3) is 0.462. The molecule has 0 aliphatic carbocycles. The highest BCUT2D eigenvalue weighted by atomic mass is 32.2. The van der Waals surface area contributed by atoms with Gasteiger partial charge in [-0.3, -0.25) is 0 Å². The molecule has 0 bridgehead atoms. The number of hydrogen-bond donors (Lipinski definition) is 2. The molecular weight excluding hydrogens is 312 g/mol. The first kappa shape index (κ1) is 19.2. The van der Waals surface area contributed by atoms with Crippen LogP contribution in [0.25, 0.3) is 0 Å². The van der Waals surface area contributed by atoms with Gasteiger partial charge in [0.2, 0.25) is 0 Å². The third-order valence-corrected chi connectivity index (χ3v) is 3.77. The van der Waals surface area contributed by atoms with Crippen molar-refractivity contribution in [1.82, 2.24) is 5.32 Å². The van der Waals surface area contributed by atoms with Gasteiger partial charge in [-0.2, -0.15) is 13.5 Å². The molecule has 0 radical (unpaired) electrons. The highest BCUT2D eigenvalue weighted by molar-refractivity contribution is 7.90. The summed E-state index contributed by atoms with van der Waals surface area (Å²) in [4.78, 5) is 0. The zero-order valence-electron chi connectivity index (χ0n) is 11.9. The molecular formula is C13H22N2O2S3. The molecule has 1 atom stereocenters. The molecule has 114 valence electrons. The van der Waals surface area contributed by atoms with E-state index >= 15 is 0 Å². The predicted octanol–water partition coefficient (Wildman–Crippen LogP) is 2.22. The maximum absolute atomic E-state index is 11.1. The van der Waals surface area contributed by atoms with Gasteiger partial charge in [0.15, 0.2) is 5.11 Å². The highest BCUT2D eigenvalue weighted by Gasteiger charge is 2.08. The molecule has 1 rings (SSSR count). The van der Waals surface area contributed by atoms with E-state index in [1.54, 1.807) is 0 Å². The van der Waals surface area contributed by atoms with Crippen LogP contribution in [0.2, 0.25) is 0 Å². The van der Waals surface area contributed by atoms with Crippen molar-refractivity contribution in [2.45, 2.75) is 26.3 Å². The summed E-state index contributed by atoms with van der Waals surface area (Å²) < 4.78 is 22.1. The second-order valence-corrected chi connectivity index (χ2v) is 7.46. The lowest BCUT2D eigenvalue weighted by atomic mass is 10.2. The van der Waals surface area contributed by atoms with E-state index in [0.29, 0.717) is 11.5 Å². The molecule has 0 aliphatic heterocycles. The molecule has 2 N–H and O–H groups in total. The van der Waals surface area contributed by atoms with Gasteiger partial charge in [-0.05, 0) is 50.2 Å². The van der Waals surface area contributed by atoms with Crippen molar-refractivity contribution >= 4 is 46.4 Å². The van der Waals surface area contributed by atoms with Gasteiger partial charge >= 0.3 is 0 Å². The van der Waals surface area contributed by atoms with Gasteiger partial charge in [0.05, 0.1) is 5.75 Å². The molecule has 4 nitrogen and oxygen atoms in total. The first-order valence-corrected chi connectivity index (χ1v) is 8.55. The van der Waals surface area contributed by atoms with Gasteiger partial charge in [0.25, 0.3) is 0 Å². The van der Waals surface area contributed by atoms with Crippen LogP contribution in [-0.4, -0.2) is 31.6 Å². The summed E-state index contributed by atoms with van der Waals surface area (Å²) in [5.74, 6) is 0.161. The van der Waals surface area contributed by atoms with Crippen LogP contribution in [0.15, 0.2) is 24.3 Å². The molecule has 0 heterocycles. The van der Waals surface area contributed by atoms with E-state index in [-0.39, 0.29) is 25.3 Å². The topological polar surface area (TPSA) is 58.2 Å². The summed E-state index contributed by atoms with van der Waals surface area (Å²) in [6.45, 7) is 3.92. The number of nitrogens with one attached hydrogen (secondary N) is 2. The maximum atomic E-state index is 11.1.